The molecular weight excluding hydrogens is 101 g/mol. The van der Waals surface area contributed by atoms with Crippen LogP contribution in [0.5, 0.6) is 0 Å². The van der Waals surface area contributed by atoms with Crippen LogP contribution in [0.15, 0.2) is 12.2 Å². The van der Waals surface area contributed by atoms with Crippen molar-refractivity contribution >= 4 is 10.5 Å². The van der Waals surface area contributed by atoms with E-state index in [0.29, 0.717) is 0 Å². The van der Waals surface area contributed by atoms with Crippen molar-refractivity contribution in [3.8, 4) is 0 Å². The zero-order chi connectivity index (χ0) is 4.99. The van der Waals surface area contributed by atoms with Crippen molar-refractivity contribution in [2.45, 2.75) is 0 Å². The average molecular weight is 104 g/mol. The second-order valence-electron chi connectivity index (χ2n) is 0.614. The Labute approximate surface area is 38.3 Å². The van der Waals surface area contributed by atoms with Gasteiger partial charge < -0.3 is 10.2 Å². The van der Waals surface area contributed by atoms with Crippen LogP contribution in [0, 0.1) is 0 Å². The second-order valence-corrected chi connectivity index (χ2v) is 0.818. The van der Waals surface area contributed by atoms with Gasteiger partial charge in [0, 0.05) is 0 Å². The molecule has 0 amide bonds. The predicted octanol–water partition coefficient (Wildman–Crippen LogP) is -0.186. The highest BCUT2D eigenvalue weighted by molar-refractivity contribution is 5.98. The maximum absolute atomic E-state index is 10.9. The van der Waals surface area contributed by atoms with Crippen LogP contribution in [-0.4, -0.2) is 10.5 Å². The van der Waals surface area contributed by atoms with Gasteiger partial charge in [-0.2, -0.15) is 0 Å². The normalized spacial score (nSPS) is 11.3. The van der Waals surface area contributed by atoms with Crippen LogP contribution in [-0.2, 0) is 4.43 Å². The van der Waals surface area contributed by atoms with Gasteiger partial charge in [0.1, 0.15) is 6.33 Å². The molecule has 0 unspecified atom stereocenters. The number of hydrogen-bond donors (Lipinski definition) is 1. The van der Waals surface area contributed by atoms with E-state index in [-0.39, 0.29) is 12.2 Å². The van der Waals surface area contributed by atoms with E-state index in [1.165, 1.54) is 0 Å². The smallest absolute Gasteiger partial charge is 0.343 e. The lowest BCUT2D eigenvalue weighted by atomic mass is 11.0. The van der Waals surface area contributed by atoms with Crippen molar-refractivity contribution in [2.24, 2.45) is 5.73 Å². The molecule has 0 aromatic rings. The van der Waals surface area contributed by atoms with Gasteiger partial charge >= 0.3 is 10.5 Å². The highest BCUT2D eigenvalue weighted by Gasteiger charge is 1.76. The van der Waals surface area contributed by atoms with E-state index in [2.05, 4.69) is 20.6 Å². The lowest BCUT2D eigenvalue weighted by Crippen LogP contribution is -1.97. The van der Waals surface area contributed by atoms with Gasteiger partial charge in [0.25, 0.3) is 0 Å². The van der Waals surface area contributed by atoms with E-state index in [0.717, 1.165) is 0 Å². The number of halogens is 1. The van der Waals surface area contributed by atoms with Crippen LogP contribution in [0.25, 0.3) is 0 Å². The molecule has 6 heavy (non-hydrogen) atoms. The lowest BCUT2D eigenvalue weighted by molar-refractivity contribution is 0.443. The molecule has 0 aliphatic heterocycles. The minimum Gasteiger partial charge on any atom is -0.528 e. The Hall–Kier alpha value is -0.513. The maximum atomic E-state index is 10.9. The third kappa shape index (κ3) is 1.77. The van der Waals surface area contributed by atoms with E-state index in [9.17, 15) is 4.39 Å². The van der Waals surface area contributed by atoms with Gasteiger partial charge in [-0.15, -0.1) is 0 Å². The van der Waals surface area contributed by atoms with Crippen LogP contribution >= 0.6 is 0 Å². The van der Waals surface area contributed by atoms with Crippen LogP contribution in [0.4, 0.5) is 4.39 Å². The van der Waals surface area contributed by atoms with Gasteiger partial charge in [0.15, 0.2) is 5.88 Å². The minimum atomic E-state index is -0.285. The van der Waals surface area contributed by atoms with E-state index in [1.54, 1.807) is 0 Å². The highest BCUT2D eigenvalue weighted by Crippen LogP contribution is 1.79. The SMILES string of the molecule is N/C(=C\F)O[Si]. The summed E-state index contributed by atoms with van der Waals surface area (Å²) in [4.78, 5) is 0. The Kier molecular flexibility index (Phi) is 2.48. The minimum absolute atomic E-state index is 0.146. The zero-order valence-electron chi connectivity index (χ0n) is 2.94. The van der Waals surface area contributed by atoms with Gasteiger partial charge in [-0.3, -0.25) is 0 Å². The highest BCUT2D eigenvalue weighted by atomic mass is 28.2. The van der Waals surface area contributed by atoms with Crippen LogP contribution < -0.4 is 5.73 Å². The van der Waals surface area contributed by atoms with Crippen molar-refractivity contribution in [1.29, 1.82) is 0 Å². The summed E-state index contributed by atoms with van der Waals surface area (Å²) in [6, 6.07) is 0. The molecule has 0 aromatic heterocycles. The Morgan fingerprint density at radius 2 is 2.50 bits per heavy atom. The fourth-order valence-corrected chi connectivity index (χ4v) is 0.0668. The van der Waals surface area contributed by atoms with Gasteiger partial charge in [-0.1, -0.05) is 0 Å². The Morgan fingerprint density at radius 1 is 2.00 bits per heavy atom. The van der Waals surface area contributed by atoms with Crippen molar-refractivity contribution in [2.75, 3.05) is 0 Å². The molecular formula is C2H3FNOSi. The van der Waals surface area contributed by atoms with Gasteiger partial charge in [-0.25, -0.2) is 4.39 Å². The van der Waals surface area contributed by atoms with E-state index in [1.807, 2.05) is 0 Å². The topological polar surface area (TPSA) is 35.2 Å². The molecule has 0 aromatic carbocycles. The first kappa shape index (κ1) is 5.49. The molecule has 0 bridgehead atoms. The predicted molar refractivity (Wildman–Crippen MR) is 20.2 cm³/mol. The monoisotopic (exact) mass is 104 g/mol. The summed E-state index contributed by atoms with van der Waals surface area (Å²) in [5, 5.41) is 0. The fraction of sp³-hybridized carbons (Fsp3) is 0. The number of nitrogens with two attached hydrogens (primary N) is 1. The van der Waals surface area contributed by atoms with Crippen LogP contribution in [0.1, 0.15) is 0 Å². The van der Waals surface area contributed by atoms with Crippen LogP contribution in [0.2, 0.25) is 0 Å². The summed E-state index contributed by atoms with van der Waals surface area (Å²) in [5.74, 6) is -0.285. The number of rotatable bonds is 1. The van der Waals surface area contributed by atoms with Crippen molar-refractivity contribution in [3.05, 3.63) is 12.2 Å². The first-order valence-corrected chi connectivity index (χ1v) is 1.61. The molecule has 0 heterocycles. The summed E-state index contributed by atoms with van der Waals surface area (Å²) in [5.41, 5.74) is 4.69. The van der Waals surface area contributed by atoms with Gasteiger partial charge in [0.05, 0.1) is 0 Å². The molecule has 0 saturated carbocycles. The lowest BCUT2D eigenvalue weighted by Gasteiger charge is -1.89. The summed E-state index contributed by atoms with van der Waals surface area (Å²) in [6.45, 7) is 0. The molecule has 2 nitrogen and oxygen atoms in total. The standard InChI is InChI=1S/C2H3FNOSi/c3-1-2(4)5-6/h1H,4H2/b2-1+. The molecule has 0 fully saturated rings. The summed E-state index contributed by atoms with van der Waals surface area (Å²) in [7, 11) is 2.48. The molecule has 3 radical (unpaired) electrons. The van der Waals surface area contributed by atoms with E-state index < -0.39 is 0 Å². The average Bonchev–Trinajstić information content (AvgIpc) is 1.65. The van der Waals surface area contributed by atoms with Crippen molar-refractivity contribution in [1.82, 2.24) is 0 Å². The first-order chi connectivity index (χ1) is 2.81. The summed E-state index contributed by atoms with van der Waals surface area (Å²) >= 11 is 0. The number of hydrogen-bond acceptors (Lipinski definition) is 2. The first-order valence-electron chi connectivity index (χ1n) is 1.20. The molecule has 0 spiro atoms. The molecule has 4 heteroatoms. The molecule has 0 rings (SSSR count). The summed E-state index contributed by atoms with van der Waals surface area (Å²) < 4.78 is 14.9. The van der Waals surface area contributed by atoms with Gasteiger partial charge in [0.2, 0.25) is 0 Å². The Morgan fingerprint density at radius 3 is 2.50 bits per heavy atom. The third-order valence-corrected chi connectivity index (χ3v) is 0.461. The zero-order valence-corrected chi connectivity index (χ0v) is 3.94. The second kappa shape index (κ2) is 2.71. The fourth-order valence-electron chi connectivity index (χ4n) is 0.0223. The largest absolute Gasteiger partial charge is 0.528 e. The van der Waals surface area contributed by atoms with E-state index >= 15 is 0 Å². The Bertz CT molecular complexity index is 64.6. The van der Waals surface area contributed by atoms with Crippen LogP contribution in [0.3, 0.4) is 0 Å². The third-order valence-electron chi connectivity index (χ3n) is 0.225. The van der Waals surface area contributed by atoms with Crippen molar-refractivity contribution < 1.29 is 8.82 Å². The molecule has 0 aliphatic rings. The van der Waals surface area contributed by atoms with Gasteiger partial charge in [-0.05, 0) is 0 Å². The molecule has 0 atom stereocenters. The quantitative estimate of drug-likeness (QED) is 0.370. The Balaban J connectivity index is 3.22. The maximum Gasteiger partial charge on any atom is 0.343 e. The summed E-state index contributed by atoms with van der Waals surface area (Å²) in [6.07, 6.45) is 0.146. The molecule has 0 saturated heterocycles. The van der Waals surface area contributed by atoms with E-state index in [4.69, 9.17) is 0 Å². The molecule has 0 aliphatic carbocycles. The molecule has 33 valence electrons. The molecule has 2 N–H and O–H groups in total. The van der Waals surface area contributed by atoms with Crippen molar-refractivity contribution in [3.63, 3.8) is 0 Å².